The van der Waals surface area contributed by atoms with Gasteiger partial charge in [-0.15, -0.1) is 0 Å². The third kappa shape index (κ3) is 3.12. The van der Waals surface area contributed by atoms with Gasteiger partial charge in [-0.25, -0.2) is 0 Å². The molecule has 1 aromatic carbocycles. The van der Waals surface area contributed by atoms with Gasteiger partial charge in [-0.05, 0) is 24.1 Å². The quantitative estimate of drug-likeness (QED) is 0.764. The number of benzene rings is 1. The Bertz CT molecular complexity index is 406. The number of halogens is 6. The molecule has 0 spiro atoms. The van der Waals surface area contributed by atoms with E-state index in [4.69, 9.17) is 5.73 Å². The second kappa shape index (κ2) is 4.21. The molecule has 0 aliphatic carbocycles. The Balaban J connectivity index is 3.23. The molecule has 0 unspecified atom stereocenters. The van der Waals surface area contributed by atoms with Crippen molar-refractivity contribution in [2.75, 3.05) is 0 Å². The van der Waals surface area contributed by atoms with Gasteiger partial charge >= 0.3 is 12.4 Å². The highest BCUT2D eigenvalue weighted by Crippen LogP contribution is 2.36. The van der Waals surface area contributed by atoms with Crippen LogP contribution in [-0.2, 0) is 6.18 Å². The third-order valence-corrected chi connectivity index (χ3v) is 2.28. The van der Waals surface area contributed by atoms with Gasteiger partial charge in [0.1, 0.15) is 6.04 Å². The van der Waals surface area contributed by atoms with Crippen LogP contribution in [0.2, 0.25) is 0 Å². The Morgan fingerprint density at radius 2 is 1.59 bits per heavy atom. The number of nitrogens with two attached hydrogens (primary N) is 1. The van der Waals surface area contributed by atoms with Crippen LogP contribution in [0.4, 0.5) is 26.3 Å². The van der Waals surface area contributed by atoms with Gasteiger partial charge < -0.3 is 5.73 Å². The lowest BCUT2D eigenvalue weighted by molar-refractivity contribution is -0.150. The summed E-state index contributed by atoms with van der Waals surface area (Å²) in [6.07, 6.45) is -9.45. The first-order chi connectivity index (χ1) is 7.53. The van der Waals surface area contributed by atoms with E-state index in [2.05, 4.69) is 0 Å². The van der Waals surface area contributed by atoms with E-state index in [9.17, 15) is 26.3 Å². The van der Waals surface area contributed by atoms with E-state index in [1.807, 2.05) is 0 Å². The molecule has 0 radical (unpaired) electrons. The summed E-state index contributed by atoms with van der Waals surface area (Å²) in [6, 6.07) is -0.0517. The zero-order chi connectivity index (χ0) is 13.4. The lowest BCUT2D eigenvalue weighted by atomic mass is 10.00. The van der Waals surface area contributed by atoms with E-state index in [1.54, 1.807) is 0 Å². The normalized spacial score (nSPS) is 14.8. The van der Waals surface area contributed by atoms with Crippen LogP contribution >= 0.6 is 0 Å². The van der Waals surface area contributed by atoms with E-state index in [1.165, 1.54) is 6.92 Å². The van der Waals surface area contributed by atoms with E-state index >= 15 is 0 Å². The van der Waals surface area contributed by atoms with Crippen LogP contribution in [-0.4, -0.2) is 6.18 Å². The molecule has 1 aromatic rings. The van der Waals surface area contributed by atoms with Gasteiger partial charge in [0.25, 0.3) is 0 Å². The summed E-state index contributed by atoms with van der Waals surface area (Å²) in [5.74, 6) is 0. The van der Waals surface area contributed by atoms with Gasteiger partial charge in [0.15, 0.2) is 0 Å². The molecule has 17 heavy (non-hydrogen) atoms. The Labute approximate surface area is 93.2 Å². The van der Waals surface area contributed by atoms with Crippen LogP contribution < -0.4 is 5.73 Å². The Hall–Kier alpha value is -1.24. The zero-order valence-corrected chi connectivity index (χ0v) is 8.65. The largest absolute Gasteiger partial charge is 0.416 e. The Morgan fingerprint density at radius 3 is 2.00 bits per heavy atom. The van der Waals surface area contributed by atoms with Gasteiger partial charge in [-0.3, -0.25) is 0 Å². The minimum Gasteiger partial charge on any atom is -0.316 e. The molecule has 1 nitrogen and oxygen atoms in total. The maximum Gasteiger partial charge on any atom is 0.416 e. The summed E-state index contributed by atoms with van der Waals surface area (Å²) >= 11 is 0. The molecule has 0 saturated heterocycles. The first-order valence-electron chi connectivity index (χ1n) is 4.53. The maximum atomic E-state index is 12.5. The van der Waals surface area contributed by atoms with Crippen molar-refractivity contribution in [2.24, 2.45) is 5.73 Å². The predicted octanol–water partition coefficient (Wildman–Crippen LogP) is 3.58. The lowest BCUT2D eigenvalue weighted by Crippen LogP contribution is -2.28. The van der Waals surface area contributed by atoms with E-state index in [-0.39, 0.29) is 5.56 Å². The molecule has 0 bridgehead atoms. The average molecular weight is 257 g/mol. The molecule has 1 atom stereocenters. The number of aryl methyl sites for hydroxylation is 1. The van der Waals surface area contributed by atoms with E-state index < -0.39 is 29.5 Å². The average Bonchev–Trinajstić information content (AvgIpc) is 2.14. The van der Waals surface area contributed by atoms with Crippen molar-refractivity contribution in [3.63, 3.8) is 0 Å². The summed E-state index contributed by atoms with van der Waals surface area (Å²) in [4.78, 5) is 0. The van der Waals surface area contributed by atoms with Gasteiger partial charge in [0.05, 0.1) is 5.56 Å². The lowest BCUT2D eigenvalue weighted by Gasteiger charge is -2.18. The summed E-state index contributed by atoms with van der Waals surface area (Å²) in [7, 11) is 0. The number of alkyl halides is 6. The van der Waals surface area contributed by atoms with Crippen molar-refractivity contribution in [2.45, 2.75) is 25.3 Å². The van der Waals surface area contributed by atoms with Crippen molar-refractivity contribution in [3.05, 3.63) is 34.9 Å². The first-order valence-corrected chi connectivity index (χ1v) is 4.53. The summed E-state index contributed by atoms with van der Waals surface area (Å²) in [6.45, 7) is 1.17. The van der Waals surface area contributed by atoms with Crippen molar-refractivity contribution < 1.29 is 26.3 Å². The second-order valence-corrected chi connectivity index (χ2v) is 3.59. The van der Waals surface area contributed by atoms with E-state index in [0.29, 0.717) is 6.07 Å². The van der Waals surface area contributed by atoms with Crippen molar-refractivity contribution >= 4 is 0 Å². The van der Waals surface area contributed by atoms with Crippen LogP contribution in [0.1, 0.15) is 22.7 Å². The molecular weight excluding hydrogens is 248 g/mol. The van der Waals surface area contributed by atoms with Crippen LogP contribution in [0.5, 0.6) is 0 Å². The van der Waals surface area contributed by atoms with Crippen LogP contribution in [0.15, 0.2) is 18.2 Å². The molecule has 0 aliphatic heterocycles. The topological polar surface area (TPSA) is 26.0 Å². The summed E-state index contributed by atoms with van der Waals surface area (Å²) < 4.78 is 74.2. The fourth-order valence-electron chi connectivity index (χ4n) is 1.33. The number of hydrogen-bond donors (Lipinski definition) is 1. The number of hydrogen-bond acceptors (Lipinski definition) is 1. The smallest absolute Gasteiger partial charge is 0.316 e. The Kier molecular flexibility index (Phi) is 3.42. The van der Waals surface area contributed by atoms with E-state index in [0.717, 1.165) is 12.1 Å². The monoisotopic (exact) mass is 257 g/mol. The summed E-state index contributed by atoms with van der Waals surface area (Å²) in [5.41, 5.74) is 3.00. The van der Waals surface area contributed by atoms with Gasteiger partial charge in [0, 0.05) is 0 Å². The Morgan fingerprint density at radius 1 is 1.06 bits per heavy atom. The first kappa shape index (κ1) is 13.8. The minimum atomic E-state index is -4.77. The molecule has 0 aliphatic rings. The van der Waals surface area contributed by atoms with Gasteiger partial charge in [0.2, 0.25) is 0 Å². The van der Waals surface area contributed by atoms with Crippen molar-refractivity contribution in [1.29, 1.82) is 0 Å². The van der Waals surface area contributed by atoms with Crippen LogP contribution in [0.3, 0.4) is 0 Å². The third-order valence-electron chi connectivity index (χ3n) is 2.28. The molecule has 0 aromatic heterocycles. The minimum absolute atomic E-state index is 0.143. The van der Waals surface area contributed by atoms with Crippen LogP contribution in [0.25, 0.3) is 0 Å². The molecule has 96 valence electrons. The van der Waals surface area contributed by atoms with Gasteiger partial charge in [-0.2, -0.15) is 26.3 Å². The predicted molar refractivity (Wildman–Crippen MR) is 49.2 cm³/mol. The zero-order valence-electron chi connectivity index (χ0n) is 8.65. The molecular formula is C10H9F6N. The molecule has 0 amide bonds. The molecule has 2 N–H and O–H groups in total. The van der Waals surface area contributed by atoms with Crippen LogP contribution in [0, 0.1) is 6.92 Å². The SMILES string of the molecule is Cc1ccc([C@H](N)C(F)(F)F)cc1C(F)(F)F. The highest BCUT2D eigenvalue weighted by molar-refractivity contribution is 5.35. The van der Waals surface area contributed by atoms with Crippen molar-refractivity contribution in [1.82, 2.24) is 0 Å². The highest BCUT2D eigenvalue weighted by atomic mass is 19.4. The highest BCUT2D eigenvalue weighted by Gasteiger charge is 2.39. The number of rotatable bonds is 1. The van der Waals surface area contributed by atoms with Gasteiger partial charge in [-0.1, -0.05) is 12.1 Å². The fourth-order valence-corrected chi connectivity index (χ4v) is 1.33. The molecule has 1 rings (SSSR count). The maximum absolute atomic E-state index is 12.5. The molecule has 7 heteroatoms. The standard InChI is InChI=1S/C10H9F6N/c1-5-2-3-6(8(17)10(14,15)16)4-7(5)9(11,12)13/h2-4,8H,17H2,1H3/t8-/m0/s1. The van der Waals surface area contributed by atoms with Crippen molar-refractivity contribution in [3.8, 4) is 0 Å². The molecule has 0 heterocycles. The second-order valence-electron chi connectivity index (χ2n) is 3.59. The molecule has 0 fully saturated rings. The molecule has 0 saturated carbocycles. The summed E-state index contributed by atoms with van der Waals surface area (Å²) in [5, 5.41) is 0. The fraction of sp³-hybridized carbons (Fsp3) is 0.400.